The van der Waals surface area contributed by atoms with Gasteiger partial charge in [-0.2, -0.15) is 0 Å². The fourth-order valence-electron chi connectivity index (χ4n) is 2.40. The molecular weight excluding hydrogens is 254 g/mol. The molecule has 1 fully saturated rings. The van der Waals surface area contributed by atoms with E-state index in [1.807, 2.05) is 54.6 Å². The molecule has 2 atom stereocenters. The van der Waals surface area contributed by atoms with Crippen molar-refractivity contribution in [1.82, 2.24) is 0 Å². The highest BCUT2D eigenvalue weighted by molar-refractivity contribution is 5.40. The van der Waals surface area contributed by atoms with Gasteiger partial charge in [-0.1, -0.05) is 48.5 Å². The third-order valence-corrected chi connectivity index (χ3v) is 3.58. The molecule has 4 heteroatoms. The van der Waals surface area contributed by atoms with Gasteiger partial charge in [-0.15, -0.1) is 0 Å². The Hall–Kier alpha value is -2.36. The number of hydrogen-bond donors (Lipinski definition) is 0. The van der Waals surface area contributed by atoms with Crippen molar-refractivity contribution in [1.29, 1.82) is 0 Å². The van der Waals surface area contributed by atoms with Crippen LogP contribution in [0.25, 0.3) is 0 Å². The fourth-order valence-corrected chi connectivity index (χ4v) is 2.40. The summed E-state index contributed by atoms with van der Waals surface area (Å²) >= 11 is 0. The molecule has 0 spiro atoms. The summed E-state index contributed by atoms with van der Waals surface area (Å²) in [6, 6.07) is 17.1. The molecule has 0 bridgehead atoms. The van der Waals surface area contributed by atoms with Gasteiger partial charge in [-0.3, -0.25) is 10.1 Å². The molecule has 0 radical (unpaired) electrons. The molecule has 0 saturated heterocycles. The van der Waals surface area contributed by atoms with Crippen LogP contribution in [0.15, 0.2) is 54.6 Å². The summed E-state index contributed by atoms with van der Waals surface area (Å²) in [7, 11) is 0. The molecule has 0 aliphatic heterocycles. The topological polar surface area (TPSA) is 52.4 Å². The van der Waals surface area contributed by atoms with E-state index < -0.39 is 6.04 Å². The Morgan fingerprint density at radius 3 is 2.50 bits per heavy atom. The van der Waals surface area contributed by atoms with Crippen molar-refractivity contribution in [2.45, 2.75) is 25.0 Å². The van der Waals surface area contributed by atoms with Crippen LogP contribution in [-0.4, -0.2) is 11.0 Å². The lowest BCUT2D eigenvalue weighted by Crippen LogP contribution is -2.04. The van der Waals surface area contributed by atoms with Gasteiger partial charge in [-0.25, -0.2) is 0 Å². The summed E-state index contributed by atoms with van der Waals surface area (Å²) in [4.78, 5) is 10.6. The first kappa shape index (κ1) is 12.7. The lowest BCUT2D eigenvalue weighted by atomic mass is 10.1. The summed E-state index contributed by atoms with van der Waals surface area (Å²) < 4.78 is 5.83. The second-order valence-corrected chi connectivity index (χ2v) is 5.01. The van der Waals surface area contributed by atoms with E-state index in [2.05, 4.69) is 0 Å². The van der Waals surface area contributed by atoms with Crippen molar-refractivity contribution in [3.8, 4) is 5.75 Å². The number of nitrogens with zero attached hydrogens (tertiary/aromatic N) is 1. The zero-order chi connectivity index (χ0) is 13.9. The molecule has 0 amide bonds. The van der Waals surface area contributed by atoms with Gasteiger partial charge in [0.25, 0.3) is 0 Å². The third kappa shape index (κ3) is 2.64. The lowest BCUT2D eigenvalue weighted by Gasteiger charge is -2.10. The Balaban J connectivity index is 1.72. The summed E-state index contributed by atoms with van der Waals surface area (Å²) in [6.45, 7) is 0.480. The smallest absolute Gasteiger partial charge is 0.221 e. The van der Waals surface area contributed by atoms with Crippen LogP contribution in [0.5, 0.6) is 5.75 Å². The van der Waals surface area contributed by atoms with Crippen molar-refractivity contribution in [3.63, 3.8) is 0 Å². The monoisotopic (exact) mass is 269 g/mol. The summed E-state index contributed by atoms with van der Waals surface area (Å²) in [6.07, 6.45) is 0.610. The Morgan fingerprint density at radius 2 is 1.80 bits per heavy atom. The number of para-hydroxylation sites is 1. The summed E-state index contributed by atoms with van der Waals surface area (Å²) in [5.41, 5.74) is 2.04. The minimum absolute atomic E-state index is 0.00280. The highest BCUT2D eigenvalue weighted by Gasteiger charge is 2.50. The Morgan fingerprint density at radius 1 is 1.10 bits per heavy atom. The van der Waals surface area contributed by atoms with E-state index in [4.69, 9.17) is 4.74 Å². The first-order chi connectivity index (χ1) is 9.75. The second kappa shape index (κ2) is 5.33. The van der Waals surface area contributed by atoms with E-state index >= 15 is 0 Å². The molecule has 1 saturated carbocycles. The maximum Gasteiger partial charge on any atom is 0.221 e. The standard InChI is InChI=1S/C16H15NO3/c18-17(19)15-10-14(15)13-8-4-5-9-16(13)20-11-12-6-2-1-3-7-12/h1-9,14-15H,10-11H2. The van der Waals surface area contributed by atoms with Crippen LogP contribution in [0, 0.1) is 10.1 Å². The van der Waals surface area contributed by atoms with Crippen LogP contribution in [-0.2, 0) is 6.61 Å². The molecule has 0 aromatic heterocycles. The number of hydrogen-bond acceptors (Lipinski definition) is 3. The van der Waals surface area contributed by atoms with E-state index in [0.29, 0.717) is 13.0 Å². The van der Waals surface area contributed by atoms with Crippen LogP contribution < -0.4 is 4.74 Å². The van der Waals surface area contributed by atoms with Gasteiger partial charge in [0.2, 0.25) is 6.04 Å². The summed E-state index contributed by atoms with van der Waals surface area (Å²) in [5.74, 6) is 0.752. The predicted octanol–water partition coefficient (Wildman–Crippen LogP) is 3.40. The third-order valence-electron chi connectivity index (χ3n) is 3.58. The minimum atomic E-state index is -0.448. The summed E-state index contributed by atoms with van der Waals surface area (Å²) in [5, 5.41) is 10.8. The van der Waals surface area contributed by atoms with Gasteiger partial charge in [-0.05, 0) is 11.6 Å². The Kier molecular flexibility index (Phi) is 3.37. The Labute approximate surface area is 117 Å². The van der Waals surface area contributed by atoms with Crippen LogP contribution in [0.2, 0.25) is 0 Å². The molecule has 20 heavy (non-hydrogen) atoms. The predicted molar refractivity (Wildman–Crippen MR) is 75.4 cm³/mol. The normalized spacial score (nSPS) is 20.4. The molecule has 1 aliphatic carbocycles. The molecule has 2 unspecified atom stereocenters. The molecule has 2 aromatic carbocycles. The number of rotatable bonds is 5. The fraction of sp³-hybridized carbons (Fsp3) is 0.250. The molecule has 3 rings (SSSR count). The van der Waals surface area contributed by atoms with Gasteiger partial charge in [0.1, 0.15) is 12.4 Å². The number of ether oxygens (including phenoxy) is 1. The first-order valence-corrected chi connectivity index (χ1v) is 6.65. The zero-order valence-electron chi connectivity index (χ0n) is 10.9. The second-order valence-electron chi connectivity index (χ2n) is 5.01. The molecule has 0 N–H and O–H groups in total. The number of benzene rings is 2. The lowest BCUT2D eigenvalue weighted by molar-refractivity contribution is -0.496. The Bertz CT molecular complexity index is 612. The molecule has 102 valence electrons. The maximum atomic E-state index is 10.8. The van der Waals surface area contributed by atoms with Gasteiger partial charge < -0.3 is 4.74 Å². The van der Waals surface area contributed by atoms with E-state index in [0.717, 1.165) is 16.9 Å². The van der Waals surface area contributed by atoms with Crippen molar-refractivity contribution in [3.05, 3.63) is 75.8 Å². The van der Waals surface area contributed by atoms with E-state index in [1.165, 1.54) is 0 Å². The average molecular weight is 269 g/mol. The highest BCUT2D eigenvalue weighted by atomic mass is 16.6. The molecule has 1 aliphatic rings. The van der Waals surface area contributed by atoms with Crippen LogP contribution in [0.4, 0.5) is 0 Å². The molecule has 4 nitrogen and oxygen atoms in total. The van der Waals surface area contributed by atoms with Gasteiger partial charge in [0.15, 0.2) is 0 Å². The highest BCUT2D eigenvalue weighted by Crippen LogP contribution is 2.46. The van der Waals surface area contributed by atoms with Gasteiger partial charge in [0.05, 0.1) is 5.92 Å². The van der Waals surface area contributed by atoms with E-state index in [-0.39, 0.29) is 10.8 Å². The SMILES string of the molecule is O=[N+]([O-])C1CC1c1ccccc1OCc1ccccc1. The van der Waals surface area contributed by atoms with Crippen molar-refractivity contribution < 1.29 is 9.66 Å². The van der Waals surface area contributed by atoms with Crippen molar-refractivity contribution in [2.75, 3.05) is 0 Å². The zero-order valence-corrected chi connectivity index (χ0v) is 10.9. The van der Waals surface area contributed by atoms with Gasteiger partial charge >= 0.3 is 0 Å². The first-order valence-electron chi connectivity index (χ1n) is 6.65. The minimum Gasteiger partial charge on any atom is -0.489 e. The van der Waals surface area contributed by atoms with Crippen LogP contribution >= 0.6 is 0 Å². The maximum absolute atomic E-state index is 10.8. The van der Waals surface area contributed by atoms with E-state index in [1.54, 1.807) is 0 Å². The molecular formula is C16H15NO3. The quantitative estimate of drug-likeness (QED) is 0.617. The average Bonchev–Trinajstić information content (AvgIpc) is 3.27. The number of nitro groups is 1. The largest absolute Gasteiger partial charge is 0.489 e. The van der Waals surface area contributed by atoms with Crippen LogP contribution in [0.1, 0.15) is 23.5 Å². The molecule has 0 heterocycles. The van der Waals surface area contributed by atoms with Crippen molar-refractivity contribution in [2.24, 2.45) is 0 Å². The molecule has 2 aromatic rings. The van der Waals surface area contributed by atoms with Crippen LogP contribution in [0.3, 0.4) is 0 Å². The van der Waals surface area contributed by atoms with E-state index in [9.17, 15) is 10.1 Å². The van der Waals surface area contributed by atoms with Gasteiger partial charge in [0, 0.05) is 16.9 Å². The van der Waals surface area contributed by atoms with Crippen molar-refractivity contribution >= 4 is 0 Å².